The number of fused-ring (bicyclic) bond motifs is 2. The van der Waals surface area contributed by atoms with Crippen LogP contribution in [0, 0.1) is 23.6 Å². The van der Waals surface area contributed by atoms with Crippen molar-refractivity contribution in [2.75, 3.05) is 6.54 Å². The third-order valence-electron chi connectivity index (χ3n) is 5.29. The SMILES string of the molecule is O=C(Cn1nc(-c2ccccc2F)ccc1=O)NC[C@@H]1C[C@@H]2C=C[C@H]1C2. The summed E-state index contributed by atoms with van der Waals surface area (Å²) in [5.74, 6) is 1.02. The van der Waals surface area contributed by atoms with Crippen LogP contribution in [0.5, 0.6) is 0 Å². The number of halogens is 1. The van der Waals surface area contributed by atoms with Gasteiger partial charge in [-0.05, 0) is 48.8 Å². The van der Waals surface area contributed by atoms with Crippen LogP contribution in [0.3, 0.4) is 0 Å². The maximum Gasteiger partial charge on any atom is 0.267 e. The van der Waals surface area contributed by atoms with Gasteiger partial charge in [-0.2, -0.15) is 5.10 Å². The molecule has 0 saturated heterocycles. The van der Waals surface area contributed by atoms with Crippen molar-refractivity contribution in [3.05, 3.63) is 64.7 Å². The number of nitrogens with zero attached hydrogens (tertiary/aromatic N) is 2. The van der Waals surface area contributed by atoms with Crippen LogP contribution in [0.2, 0.25) is 0 Å². The predicted octanol–water partition coefficient (Wildman–Crippen LogP) is 2.38. The fourth-order valence-corrected chi connectivity index (χ4v) is 3.94. The number of amides is 1. The van der Waals surface area contributed by atoms with E-state index < -0.39 is 5.82 Å². The van der Waals surface area contributed by atoms with Gasteiger partial charge in [0, 0.05) is 18.2 Å². The Hall–Kier alpha value is -2.76. The van der Waals surface area contributed by atoms with Gasteiger partial charge in [0.1, 0.15) is 12.4 Å². The summed E-state index contributed by atoms with van der Waals surface area (Å²) in [6, 6.07) is 9.00. The van der Waals surface area contributed by atoms with Crippen molar-refractivity contribution in [1.82, 2.24) is 15.1 Å². The maximum atomic E-state index is 13.9. The first-order chi connectivity index (χ1) is 12.6. The van der Waals surface area contributed by atoms with Crippen molar-refractivity contribution < 1.29 is 9.18 Å². The van der Waals surface area contributed by atoms with Crippen LogP contribution in [0.25, 0.3) is 11.3 Å². The lowest BCUT2D eigenvalue weighted by molar-refractivity contribution is -0.122. The number of hydrogen-bond donors (Lipinski definition) is 1. The molecule has 1 N–H and O–H groups in total. The van der Waals surface area contributed by atoms with Gasteiger partial charge in [0.2, 0.25) is 5.91 Å². The van der Waals surface area contributed by atoms with Gasteiger partial charge < -0.3 is 5.32 Å². The Bertz CT molecular complexity index is 921. The third kappa shape index (κ3) is 3.31. The smallest absolute Gasteiger partial charge is 0.267 e. The highest BCUT2D eigenvalue weighted by Gasteiger charge is 2.35. The Morgan fingerprint density at radius 3 is 2.77 bits per heavy atom. The first-order valence-electron chi connectivity index (χ1n) is 8.88. The van der Waals surface area contributed by atoms with Crippen molar-refractivity contribution in [3.8, 4) is 11.3 Å². The molecule has 2 aliphatic carbocycles. The van der Waals surface area contributed by atoms with E-state index in [1.807, 2.05) is 0 Å². The van der Waals surface area contributed by atoms with Gasteiger partial charge >= 0.3 is 0 Å². The number of benzene rings is 1. The highest BCUT2D eigenvalue weighted by Crippen LogP contribution is 2.42. The van der Waals surface area contributed by atoms with Crippen molar-refractivity contribution in [3.63, 3.8) is 0 Å². The summed E-state index contributed by atoms with van der Waals surface area (Å²) in [4.78, 5) is 24.2. The largest absolute Gasteiger partial charge is 0.354 e. The fourth-order valence-electron chi connectivity index (χ4n) is 3.94. The summed E-state index contributed by atoms with van der Waals surface area (Å²) in [6.07, 6.45) is 6.81. The Balaban J connectivity index is 1.43. The maximum absolute atomic E-state index is 13.9. The van der Waals surface area contributed by atoms with Crippen molar-refractivity contribution >= 4 is 5.91 Å². The topological polar surface area (TPSA) is 64.0 Å². The van der Waals surface area contributed by atoms with E-state index in [4.69, 9.17) is 0 Å². The average molecular weight is 353 g/mol. The molecule has 134 valence electrons. The van der Waals surface area contributed by atoms with Gasteiger partial charge in [0.05, 0.1) is 5.69 Å². The lowest BCUT2D eigenvalue weighted by Gasteiger charge is -2.18. The number of allylic oxidation sites excluding steroid dienone is 2. The van der Waals surface area contributed by atoms with Crippen molar-refractivity contribution in [2.24, 2.45) is 17.8 Å². The molecular formula is C20H20FN3O2. The zero-order valence-corrected chi connectivity index (χ0v) is 14.3. The number of rotatable bonds is 5. The molecule has 0 unspecified atom stereocenters. The lowest BCUT2D eigenvalue weighted by atomic mass is 9.94. The Morgan fingerprint density at radius 1 is 1.19 bits per heavy atom. The summed E-state index contributed by atoms with van der Waals surface area (Å²) in [5.41, 5.74) is 0.243. The van der Waals surface area contributed by atoms with Crippen LogP contribution >= 0.6 is 0 Å². The Labute approximate surface area is 150 Å². The van der Waals surface area contributed by atoms with E-state index in [0.717, 1.165) is 11.1 Å². The monoisotopic (exact) mass is 353 g/mol. The van der Waals surface area contributed by atoms with Crippen LogP contribution in [0.1, 0.15) is 12.8 Å². The molecule has 26 heavy (non-hydrogen) atoms. The molecule has 4 rings (SSSR count). The normalized spacial score (nSPS) is 23.3. The minimum absolute atomic E-state index is 0.169. The molecule has 1 amide bonds. The van der Waals surface area contributed by atoms with Crippen LogP contribution < -0.4 is 10.9 Å². The number of aromatic nitrogens is 2. The van der Waals surface area contributed by atoms with Crippen LogP contribution in [-0.4, -0.2) is 22.2 Å². The molecule has 1 aromatic heterocycles. The quantitative estimate of drug-likeness (QED) is 0.840. The first kappa shape index (κ1) is 16.7. The van der Waals surface area contributed by atoms with E-state index in [1.54, 1.807) is 18.2 Å². The van der Waals surface area contributed by atoms with Crippen LogP contribution in [0.15, 0.2) is 53.3 Å². The Kier molecular flexibility index (Phi) is 4.41. The minimum Gasteiger partial charge on any atom is -0.354 e. The van der Waals surface area contributed by atoms with Gasteiger partial charge in [-0.15, -0.1) is 0 Å². The van der Waals surface area contributed by atoms with Gasteiger partial charge in [0.25, 0.3) is 5.56 Å². The molecular weight excluding hydrogens is 333 g/mol. The molecule has 1 saturated carbocycles. The molecule has 6 heteroatoms. The second kappa shape index (κ2) is 6.86. The average Bonchev–Trinajstić information content (AvgIpc) is 3.25. The van der Waals surface area contributed by atoms with E-state index in [-0.39, 0.29) is 18.0 Å². The summed E-state index contributed by atoms with van der Waals surface area (Å²) in [7, 11) is 0. The zero-order chi connectivity index (χ0) is 18.1. The zero-order valence-electron chi connectivity index (χ0n) is 14.3. The minimum atomic E-state index is -0.418. The summed E-state index contributed by atoms with van der Waals surface area (Å²) < 4.78 is 15.0. The molecule has 2 aromatic rings. The van der Waals surface area contributed by atoms with E-state index in [1.165, 1.54) is 24.6 Å². The van der Waals surface area contributed by atoms with E-state index in [0.29, 0.717) is 35.6 Å². The second-order valence-electron chi connectivity index (χ2n) is 7.04. The molecule has 0 spiro atoms. The summed E-state index contributed by atoms with van der Waals surface area (Å²) in [5, 5.41) is 7.06. The predicted molar refractivity (Wildman–Crippen MR) is 95.7 cm³/mol. The molecule has 2 bridgehead atoms. The fraction of sp³-hybridized carbons (Fsp3) is 0.350. The number of carbonyl (C=O) groups excluding carboxylic acids is 1. The molecule has 1 fully saturated rings. The second-order valence-corrected chi connectivity index (χ2v) is 7.04. The van der Waals surface area contributed by atoms with Gasteiger partial charge in [-0.25, -0.2) is 9.07 Å². The lowest BCUT2D eigenvalue weighted by Crippen LogP contribution is -2.36. The van der Waals surface area contributed by atoms with Gasteiger partial charge in [-0.3, -0.25) is 9.59 Å². The third-order valence-corrected chi connectivity index (χ3v) is 5.29. The molecule has 2 aliphatic rings. The highest BCUT2D eigenvalue weighted by molar-refractivity contribution is 5.75. The van der Waals surface area contributed by atoms with Crippen LogP contribution in [-0.2, 0) is 11.3 Å². The van der Waals surface area contributed by atoms with Crippen LogP contribution in [0.4, 0.5) is 4.39 Å². The van der Waals surface area contributed by atoms with E-state index in [9.17, 15) is 14.0 Å². The Morgan fingerprint density at radius 2 is 2.04 bits per heavy atom. The summed E-state index contributed by atoms with van der Waals surface area (Å²) in [6.45, 7) is 0.448. The number of carbonyl (C=O) groups is 1. The van der Waals surface area contributed by atoms with Gasteiger partial charge in [0.15, 0.2) is 0 Å². The van der Waals surface area contributed by atoms with Crippen molar-refractivity contribution in [1.29, 1.82) is 0 Å². The molecule has 5 nitrogen and oxygen atoms in total. The molecule has 0 aliphatic heterocycles. The molecule has 3 atom stereocenters. The van der Waals surface area contributed by atoms with E-state index >= 15 is 0 Å². The molecule has 0 radical (unpaired) electrons. The summed E-state index contributed by atoms with van der Waals surface area (Å²) >= 11 is 0. The number of hydrogen-bond acceptors (Lipinski definition) is 3. The number of nitrogens with one attached hydrogen (secondary N) is 1. The highest BCUT2D eigenvalue weighted by atomic mass is 19.1. The molecule has 1 heterocycles. The first-order valence-corrected chi connectivity index (χ1v) is 8.88. The van der Waals surface area contributed by atoms with E-state index in [2.05, 4.69) is 22.6 Å². The standard InChI is InChI=1S/C20H20FN3O2/c21-17-4-2-1-3-16(17)18-7-8-20(26)24(23-18)12-19(25)22-11-15-10-13-5-6-14(15)9-13/h1-8,13-15H,9-12H2,(H,22,25)/t13-,14+,15+/m1/s1. The van der Waals surface area contributed by atoms with Gasteiger partial charge in [-0.1, -0.05) is 24.3 Å². The molecule has 1 aromatic carbocycles. The van der Waals surface area contributed by atoms with Crippen molar-refractivity contribution in [2.45, 2.75) is 19.4 Å².